The van der Waals surface area contributed by atoms with Crippen LogP contribution in [0.15, 0.2) is 43.0 Å². The Morgan fingerprint density at radius 2 is 2.00 bits per heavy atom. The van der Waals surface area contributed by atoms with Crippen LogP contribution in [0.25, 0.3) is 0 Å². The van der Waals surface area contributed by atoms with E-state index < -0.39 is 0 Å². The number of piperidine rings is 1. The van der Waals surface area contributed by atoms with Crippen molar-refractivity contribution < 1.29 is 14.3 Å². The summed E-state index contributed by atoms with van der Waals surface area (Å²) in [6.45, 7) is 8.16. The molecule has 5 heteroatoms. The number of likely N-dealkylation sites (tertiary alicyclic amines) is 1. The molecule has 2 fully saturated rings. The van der Waals surface area contributed by atoms with Crippen LogP contribution in [-0.2, 0) is 14.3 Å². The van der Waals surface area contributed by atoms with Crippen molar-refractivity contribution in [1.82, 2.24) is 10.2 Å². The SMILES string of the molecule is C=CC(=O)NC1(CC)CCN(C(=O)[C@@H]2COCC[C@@H]2c2ccccc2)CC1. The Morgan fingerprint density at radius 1 is 1.30 bits per heavy atom. The predicted octanol–water partition coefficient (Wildman–Crippen LogP) is 2.88. The van der Waals surface area contributed by atoms with Gasteiger partial charge in [-0.2, -0.15) is 0 Å². The average molecular weight is 370 g/mol. The Kier molecular flexibility index (Phi) is 6.32. The number of carbonyl (C=O) groups is 2. The predicted molar refractivity (Wildman–Crippen MR) is 105 cm³/mol. The summed E-state index contributed by atoms with van der Waals surface area (Å²) in [7, 11) is 0. The summed E-state index contributed by atoms with van der Waals surface area (Å²) in [5.74, 6) is 0.133. The monoisotopic (exact) mass is 370 g/mol. The fraction of sp³-hybridized carbons (Fsp3) is 0.545. The Bertz CT molecular complexity index is 665. The maximum atomic E-state index is 13.3. The van der Waals surface area contributed by atoms with E-state index in [4.69, 9.17) is 4.74 Å². The Labute approximate surface area is 161 Å². The number of hydrogen-bond acceptors (Lipinski definition) is 3. The van der Waals surface area contributed by atoms with Gasteiger partial charge in [-0.15, -0.1) is 0 Å². The minimum atomic E-state index is -0.232. The molecule has 1 N–H and O–H groups in total. The van der Waals surface area contributed by atoms with E-state index >= 15 is 0 Å². The van der Waals surface area contributed by atoms with Crippen LogP contribution in [0.5, 0.6) is 0 Å². The second kappa shape index (κ2) is 8.70. The quantitative estimate of drug-likeness (QED) is 0.811. The Hall–Kier alpha value is -2.14. The number of carbonyl (C=O) groups excluding carboxylic acids is 2. The molecule has 2 atom stereocenters. The van der Waals surface area contributed by atoms with Gasteiger partial charge in [-0.1, -0.05) is 43.8 Å². The lowest BCUT2D eigenvalue weighted by molar-refractivity contribution is -0.142. The highest BCUT2D eigenvalue weighted by Crippen LogP contribution is 2.35. The van der Waals surface area contributed by atoms with Gasteiger partial charge < -0.3 is 15.0 Å². The van der Waals surface area contributed by atoms with E-state index in [0.29, 0.717) is 26.3 Å². The first-order valence-corrected chi connectivity index (χ1v) is 9.94. The summed E-state index contributed by atoms with van der Waals surface area (Å²) < 4.78 is 5.66. The van der Waals surface area contributed by atoms with Crippen LogP contribution in [0.2, 0.25) is 0 Å². The molecule has 2 saturated heterocycles. The normalized spacial score (nSPS) is 24.9. The summed E-state index contributed by atoms with van der Waals surface area (Å²) in [5, 5.41) is 3.09. The molecule has 0 radical (unpaired) electrons. The lowest BCUT2D eigenvalue weighted by Gasteiger charge is -2.43. The fourth-order valence-electron chi connectivity index (χ4n) is 4.35. The molecule has 3 rings (SSSR count). The van der Waals surface area contributed by atoms with Crippen molar-refractivity contribution in [2.45, 2.75) is 44.1 Å². The number of ether oxygens (including phenoxy) is 1. The second-order valence-electron chi connectivity index (χ2n) is 7.64. The number of nitrogens with zero attached hydrogens (tertiary/aromatic N) is 1. The second-order valence-corrected chi connectivity index (χ2v) is 7.64. The first-order chi connectivity index (χ1) is 13.1. The van der Waals surface area contributed by atoms with Crippen LogP contribution in [-0.4, -0.2) is 48.6 Å². The molecule has 2 aliphatic heterocycles. The lowest BCUT2D eigenvalue weighted by atomic mass is 9.80. The van der Waals surface area contributed by atoms with Crippen LogP contribution < -0.4 is 5.32 Å². The molecular weight excluding hydrogens is 340 g/mol. The molecule has 2 heterocycles. The van der Waals surface area contributed by atoms with Gasteiger partial charge in [0.15, 0.2) is 0 Å². The summed E-state index contributed by atoms with van der Waals surface area (Å²) >= 11 is 0. The molecule has 2 aliphatic rings. The Balaban J connectivity index is 1.67. The van der Waals surface area contributed by atoms with Crippen molar-refractivity contribution in [3.05, 3.63) is 48.6 Å². The van der Waals surface area contributed by atoms with E-state index in [-0.39, 0.29) is 29.2 Å². The number of benzene rings is 1. The van der Waals surface area contributed by atoms with Crippen LogP contribution in [0.3, 0.4) is 0 Å². The van der Waals surface area contributed by atoms with Gasteiger partial charge in [0.2, 0.25) is 11.8 Å². The molecule has 5 nitrogen and oxygen atoms in total. The molecule has 0 unspecified atom stereocenters. The molecular formula is C22H30N2O3. The zero-order chi connectivity index (χ0) is 19.3. The number of hydrogen-bond donors (Lipinski definition) is 1. The van der Waals surface area contributed by atoms with Gasteiger partial charge in [-0.3, -0.25) is 9.59 Å². The molecule has 1 aromatic carbocycles. The van der Waals surface area contributed by atoms with Crippen LogP contribution >= 0.6 is 0 Å². The third kappa shape index (κ3) is 4.41. The highest BCUT2D eigenvalue weighted by Gasteiger charge is 2.40. The van der Waals surface area contributed by atoms with E-state index in [1.807, 2.05) is 23.1 Å². The number of rotatable bonds is 5. The third-order valence-electron chi connectivity index (χ3n) is 6.18. The van der Waals surface area contributed by atoms with Crippen LogP contribution in [0.4, 0.5) is 0 Å². The first-order valence-electron chi connectivity index (χ1n) is 9.94. The van der Waals surface area contributed by atoms with Gasteiger partial charge in [0.05, 0.1) is 12.5 Å². The highest BCUT2D eigenvalue weighted by atomic mass is 16.5. The van der Waals surface area contributed by atoms with Gasteiger partial charge in [-0.25, -0.2) is 0 Å². The summed E-state index contributed by atoms with van der Waals surface area (Å²) in [4.78, 5) is 27.0. The van der Waals surface area contributed by atoms with E-state index in [2.05, 4.69) is 31.0 Å². The van der Waals surface area contributed by atoms with Gasteiger partial charge in [-0.05, 0) is 43.2 Å². The molecule has 27 heavy (non-hydrogen) atoms. The largest absolute Gasteiger partial charge is 0.381 e. The van der Waals surface area contributed by atoms with Gasteiger partial charge in [0, 0.05) is 25.2 Å². The van der Waals surface area contributed by atoms with E-state index in [1.165, 1.54) is 11.6 Å². The zero-order valence-corrected chi connectivity index (χ0v) is 16.2. The maximum absolute atomic E-state index is 13.3. The summed E-state index contributed by atoms with van der Waals surface area (Å²) in [6, 6.07) is 10.3. The highest BCUT2D eigenvalue weighted by molar-refractivity contribution is 5.87. The van der Waals surface area contributed by atoms with Crippen molar-refractivity contribution in [2.75, 3.05) is 26.3 Å². The standard InChI is InChI=1S/C22H30N2O3/c1-3-20(25)23-22(4-2)11-13-24(14-12-22)21(26)19-16-27-15-10-18(19)17-8-6-5-7-9-17/h3,5-9,18-19H,1,4,10-16H2,2H3,(H,23,25)/t18-,19-/m1/s1. The topological polar surface area (TPSA) is 58.6 Å². The maximum Gasteiger partial charge on any atom is 0.243 e. The molecule has 0 saturated carbocycles. The molecule has 0 aromatic heterocycles. The molecule has 2 amide bonds. The molecule has 0 aliphatic carbocycles. The van der Waals surface area contributed by atoms with E-state index in [1.54, 1.807) is 0 Å². The smallest absolute Gasteiger partial charge is 0.243 e. The van der Waals surface area contributed by atoms with Crippen molar-refractivity contribution in [2.24, 2.45) is 5.92 Å². The van der Waals surface area contributed by atoms with Crippen LogP contribution in [0, 0.1) is 5.92 Å². The lowest BCUT2D eigenvalue weighted by Crippen LogP contribution is -2.56. The molecule has 0 bridgehead atoms. The summed E-state index contributed by atoms with van der Waals surface area (Å²) in [6.07, 6.45) is 4.60. The minimum absolute atomic E-state index is 0.127. The van der Waals surface area contributed by atoms with Crippen LogP contribution in [0.1, 0.15) is 44.1 Å². The van der Waals surface area contributed by atoms with Crippen molar-refractivity contribution in [3.8, 4) is 0 Å². The molecule has 146 valence electrons. The minimum Gasteiger partial charge on any atom is -0.381 e. The van der Waals surface area contributed by atoms with E-state index in [0.717, 1.165) is 25.7 Å². The first kappa shape index (κ1) is 19.6. The molecule has 0 spiro atoms. The Morgan fingerprint density at radius 3 is 2.63 bits per heavy atom. The number of amides is 2. The number of nitrogens with one attached hydrogen (secondary N) is 1. The zero-order valence-electron chi connectivity index (χ0n) is 16.2. The van der Waals surface area contributed by atoms with Crippen molar-refractivity contribution in [1.29, 1.82) is 0 Å². The average Bonchev–Trinajstić information content (AvgIpc) is 2.74. The van der Waals surface area contributed by atoms with Crippen molar-refractivity contribution >= 4 is 11.8 Å². The van der Waals surface area contributed by atoms with E-state index in [9.17, 15) is 9.59 Å². The van der Waals surface area contributed by atoms with Gasteiger partial charge in [0.1, 0.15) is 0 Å². The van der Waals surface area contributed by atoms with Gasteiger partial charge >= 0.3 is 0 Å². The molecule has 1 aromatic rings. The van der Waals surface area contributed by atoms with Gasteiger partial charge in [0.25, 0.3) is 0 Å². The van der Waals surface area contributed by atoms with Crippen molar-refractivity contribution in [3.63, 3.8) is 0 Å². The summed E-state index contributed by atoms with van der Waals surface area (Å²) in [5.41, 5.74) is 0.988. The fourth-order valence-corrected chi connectivity index (χ4v) is 4.35. The third-order valence-corrected chi connectivity index (χ3v) is 6.18.